The number of aliphatic hydroxyl groups is 1. The molecule has 6 nitrogen and oxygen atoms in total. The summed E-state index contributed by atoms with van der Waals surface area (Å²) in [5, 5.41) is 12.1. The zero-order valence-electron chi connectivity index (χ0n) is 24.6. The van der Waals surface area contributed by atoms with Crippen LogP contribution >= 0.6 is 0 Å². The summed E-state index contributed by atoms with van der Waals surface area (Å²) in [7, 11) is 1.77. The number of hydrogen-bond donors (Lipinski definition) is 1. The number of methoxy groups -OCH3 is 1. The van der Waals surface area contributed by atoms with Gasteiger partial charge in [0.25, 0.3) is 0 Å². The van der Waals surface area contributed by atoms with Crippen molar-refractivity contribution in [3.8, 4) is 11.5 Å². The Morgan fingerprint density at radius 3 is 2.47 bits per heavy atom. The Morgan fingerprint density at radius 1 is 1.16 bits per heavy atom. The van der Waals surface area contributed by atoms with Gasteiger partial charge in [-0.3, -0.25) is 9.69 Å². The van der Waals surface area contributed by atoms with Crippen molar-refractivity contribution in [2.45, 2.75) is 110 Å². The molecule has 2 heterocycles. The molecule has 38 heavy (non-hydrogen) atoms. The fraction of sp³-hybridized carbons (Fsp3) is 0.781. The van der Waals surface area contributed by atoms with Crippen LogP contribution in [0.3, 0.4) is 0 Å². The van der Waals surface area contributed by atoms with Crippen LogP contribution in [0.1, 0.15) is 85.3 Å². The average molecular weight is 526 g/mol. The van der Waals surface area contributed by atoms with Gasteiger partial charge >= 0.3 is 5.97 Å². The molecule has 0 aromatic heterocycles. The third-order valence-corrected chi connectivity index (χ3v) is 11.0. The molecule has 0 radical (unpaired) electrons. The average Bonchev–Trinajstić information content (AvgIpc) is 3.57. The van der Waals surface area contributed by atoms with E-state index in [0.717, 1.165) is 37.5 Å². The first-order valence-electron chi connectivity index (χ1n) is 14.7. The molecule has 5 unspecified atom stereocenters. The van der Waals surface area contributed by atoms with Crippen molar-refractivity contribution in [3.05, 3.63) is 23.3 Å². The Hall–Kier alpha value is -1.63. The molecule has 3 aliphatic carbocycles. The van der Waals surface area contributed by atoms with Crippen molar-refractivity contribution in [2.75, 3.05) is 20.2 Å². The van der Waals surface area contributed by atoms with E-state index in [-0.39, 0.29) is 34.9 Å². The van der Waals surface area contributed by atoms with Gasteiger partial charge in [0.15, 0.2) is 11.5 Å². The fourth-order valence-corrected chi connectivity index (χ4v) is 8.15. The van der Waals surface area contributed by atoms with Crippen LogP contribution in [0.4, 0.5) is 0 Å². The highest BCUT2D eigenvalue weighted by molar-refractivity contribution is 5.79. The Labute approximate surface area is 228 Å². The van der Waals surface area contributed by atoms with E-state index in [4.69, 9.17) is 14.2 Å². The molecule has 1 spiro atoms. The Bertz CT molecular complexity index is 1130. The molecular weight excluding hydrogens is 478 g/mol. The van der Waals surface area contributed by atoms with Gasteiger partial charge in [0.1, 0.15) is 12.2 Å². The van der Waals surface area contributed by atoms with Gasteiger partial charge in [-0.1, -0.05) is 26.8 Å². The molecule has 7 atom stereocenters. The SMILES string of the molecule is COC1C(C(C)(O)C(C)(C)C)CC2C3Cc4ccc(OC(=O)C(C)(C)C)c5c4[C@@]2(CCN3CC2CC2)[C@H]1O5. The van der Waals surface area contributed by atoms with Crippen molar-refractivity contribution in [1.29, 1.82) is 0 Å². The summed E-state index contributed by atoms with van der Waals surface area (Å²) >= 11 is 0. The molecule has 1 saturated heterocycles. The van der Waals surface area contributed by atoms with E-state index in [1.807, 2.05) is 33.8 Å². The number of hydrogen-bond acceptors (Lipinski definition) is 6. The van der Waals surface area contributed by atoms with E-state index in [2.05, 4.69) is 31.7 Å². The number of piperidine rings is 1. The van der Waals surface area contributed by atoms with E-state index in [9.17, 15) is 9.90 Å². The fourth-order valence-electron chi connectivity index (χ4n) is 8.15. The maximum Gasteiger partial charge on any atom is 0.316 e. The number of carbonyl (C=O) groups excluding carboxylic acids is 1. The summed E-state index contributed by atoms with van der Waals surface area (Å²) in [5.74, 6) is 2.12. The lowest BCUT2D eigenvalue weighted by Gasteiger charge is -2.63. The van der Waals surface area contributed by atoms with E-state index in [1.54, 1.807) is 7.11 Å². The maximum absolute atomic E-state index is 12.9. The first-order valence-corrected chi connectivity index (χ1v) is 14.7. The monoisotopic (exact) mass is 525 g/mol. The molecular formula is C32H47NO5. The predicted octanol–water partition coefficient (Wildman–Crippen LogP) is 5.13. The molecule has 3 fully saturated rings. The minimum Gasteiger partial charge on any atom is -0.483 e. The lowest BCUT2D eigenvalue weighted by molar-refractivity contribution is -0.206. The number of carbonyl (C=O) groups is 1. The molecule has 2 bridgehead atoms. The van der Waals surface area contributed by atoms with Gasteiger partial charge in [0.05, 0.1) is 11.0 Å². The molecule has 1 aromatic carbocycles. The standard InChI is InChI=1S/C32H47NO5/c1-29(2,3)28(34)37-23-12-11-19-15-22-20-16-21(31(7,35)30(4,5)6)25(36-8)27-32(20,24(19)26(23)38-27)13-14-33(22)17-18-9-10-18/h11-12,18,20-22,25,27,35H,9-10,13-17H2,1-8H3/t20?,21?,22?,25?,27-,31?,32-/m0/s1. The smallest absolute Gasteiger partial charge is 0.316 e. The first-order chi connectivity index (χ1) is 17.7. The number of benzene rings is 1. The molecule has 1 aromatic rings. The molecule has 1 N–H and O–H groups in total. The Morgan fingerprint density at radius 2 is 1.87 bits per heavy atom. The van der Waals surface area contributed by atoms with E-state index >= 15 is 0 Å². The normalized spacial score (nSPS) is 35.8. The zero-order valence-corrected chi connectivity index (χ0v) is 24.6. The van der Waals surface area contributed by atoms with Gasteiger partial charge < -0.3 is 19.3 Å². The lowest BCUT2D eigenvalue weighted by atomic mass is 9.47. The van der Waals surface area contributed by atoms with E-state index < -0.39 is 11.0 Å². The topological polar surface area (TPSA) is 68.2 Å². The highest BCUT2D eigenvalue weighted by Crippen LogP contribution is 2.66. The van der Waals surface area contributed by atoms with Crippen LogP contribution in [0.5, 0.6) is 11.5 Å². The summed E-state index contributed by atoms with van der Waals surface area (Å²) in [6.45, 7) is 16.2. The summed E-state index contributed by atoms with van der Waals surface area (Å²) in [4.78, 5) is 15.7. The molecule has 6 rings (SSSR count). The number of rotatable bonds is 5. The minimum atomic E-state index is -0.940. The van der Waals surface area contributed by atoms with E-state index in [0.29, 0.717) is 17.7 Å². The van der Waals surface area contributed by atoms with Crippen molar-refractivity contribution < 1.29 is 24.1 Å². The summed E-state index contributed by atoms with van der Waals surface area (Å²) in [6, 6.07) is 4.55. The largest absolute Gasteiger partial charge is 0.483 e. The van der Waals surface area contributed by atoms with Crippen LogP contribution < -0.4 is 9.47 Å². The summed E-state index contributed by atoms with van der Waals surface area (Å²) in [5.41, 5.74) is 0.522. The second kappa shape index (κ2) is 8.44. The second-order valence-electron chi connectivity index (χ2n) is 15.2. The summed E-state index contributed by atoms with van der Waals surface area (Å²) in [6.07, 6.45) is 5.10. The van der Waals surface area contributed by atoms with Gasteiger partial charge in [0, 0.05) is 36.6 Å². The third-order valence-electron chi connectivity index (χ3n) is 11.0. The molecule has 0 amide bonds. The summed E-state index contributed by atoms with van der Waals surface area (Å²) < 4.78 is 19.3. The minimum absolute atomic E-state index is 0.0737. The molecule has 210 valence electrons. The molecule has 2 saturated carbocycles. The number of likely N-dealkylation sites (tertiary alicyclic amines) is 1. The van der Waals surface area contributed by atoms with Crippen molar-refractivity contribution >= 4 is 5.97 Å². The van der Waals surface area contributed by atoms with E-state index in [1.165, 1.54) is 30.5 Å². The molecule has 5 aliphatic rings. The van der Waals surface area contributed by atoms with Gasteiger partial charge in [0.2, 0.25) is 0 Å². The second-order valence-corrected chi connectivity index (χ2v) is 15.2. The van der Waals surface area contributed by atoms with Gasteiger partial charge in [-0.2, -0.15) is 0 Å². The van der Waals surface area contributed by atoms with Crippen LogP contribution in [0.15, 0.2) is 12.1 Å². The lowest BCUT2D eigenvalue weighted by Crippen LogP contribution is -2.71. The number of ether oxygens (including phenoxy) is 3. The van der Waals surface area contributed by atoms with Crippen LogP contribution in [-0.4, -0.2) is 60.0 Å². The zero-order chi connectivity index (χ0) is 27.4. The number of esters is 1. The highest BCUT2D eigenvalue weighted by Gasteiger charge is 2.70. The first kappa shape index (κ1) is 26.6. The molecule has 2 aliphatic heterocycles. The quantitative estimate of drug-likeness (QED) is 0.425. The maximum atomic E-state index is 12.9. The predicted molar refractivity (Wildman–Crippen MR) is 147 cm³/mol. The Kier molecular flexibility index (Phi) is 5.90. The van der Waals surface area contributed by atoms with Crippen LogP contribution in [0.25, 0.3) is 0 Å². The van der Waals surface area contributed by atoms with Crippen LogP contribution in [0, 0.1) is 28.6 Å². The van der Waals surface area contributed by atoms with Gasteiger partial charge in [-0.15, -0.1) is 0 Å². The third kappa shape index (κ3) is 3.72. The highest BCUT2D eigenvalue weighted by atomic mass is 16.6. The van der Waals surface area contributed by atoms with Crippen molar-refractivity contribution in [1.82, 2.24) is 4.90 Å². The molecule has 6 heteroatoms. The van der Waals surface area contributed by atoms with Gasteiger partial charge in [-0.05, 0) is 95.2 Å². The van der Waals surface area contributed by atoms with Gasteiger partial charge in [-0.25, -0.2) is 0 Å². The van der Waals surface area contributed by atoms with Crippen LogP contribution in [0.2, 0.25) is 0 Å². The Balaban J connectivity index is 1.49. The van der Waals surface area contributed by atoms with Crippen LogP contribution in [-0.2, 0) is 21.4 Å². The van der Waals surface area contributed by atoms with Crippen molar-refractivity contribution in [2.24, 2.45) is 28.6 Å². The number of nitrogens with zero attached hydrogens (tertiary/aromatic N) is 1. The van der Waals surface area contributed by atoms with Crippen molar-refractivity contribution in [3.63, 3.8) is 0 Å².